The SMILES string of the molecule is CC(=O)NCCN=C(NN)Nc1ccccc1. The normalized spacial score (nSPS) is 10.8. The van der Waals surface area contributed by atoms with Crippen LogP contribution in [0.5, 0.6) is 0 Å². The molecule has 0 aromatic heterocycles. The van der Waals surface area contributed by atoms with Gasteiger partial charge in [-0.15, -0.1) is 0 Å². The van der Waals surface area contributed by atoms with Gasteiger partial charge in [0.05, 0.1) is 6.54 Å². The Kier molecular flexibility index (Phi) is 5.53. The van der Waals surface area contributed by atoms with Gasteiger partial charge >= 0.3 is 0 Å². The molecule has 0 aliphatic carbocycles. The first-order valence-corrected chi connectivity index (χ1v) is 5.30. The Bertz CT molecular complexity index is 377. The highest BCUT2D eigenvalue weighted by atomic mass is 16.1. The molecule has 1 amide bonds. The van der Waals surface area contributed by atoms with Gasteiger partial charge in [0.1, 0.15) is 0 Å². The third-order valence-corrected chi connectivity index (χ3v) is 1.93. The smallest absolute Gasteiger partial charge is 0.216 e. The third-order valence-electron chi connectivity index (χ3n) is 1.93. The predicted molar refractivity (Wildman–Crippen MR) is 68.4 cm³/mol. The van der Waals surface area contributed by atoms with Gasteiger partial charge in [-0.25, -0.2) is 5.84 Å². The van der Waals surface area contributed by atoms with Crippen LogP contribution in [0, 0.1) is 0 Å². The van der Waals surface area contributed by atoms with Crippen LogP contribution >= 0.6 is 0 Å². The fourth-order valence-corrected chi connectivity index (χ4v) is 1.18. The number of nitrogens with two attached hydrogens (primary N) is 1. The molecule has 1 aromatic rings. The van der Waals surface area contributed by atoms with Crippen LogP contribution in [-0.4, -0.2) is 25.0 Å². The standard InChI is InChI=1S/C11H17N5O/c1-9(17)13-7-8-14-11(16-12)15-10-5-3-2-4-6-10/h2-6H,7-8,12H2,1H3,(H,13,17)(H2,14,15,16). The molecular weight excluding hydrogens is 218 g/mol. The summed E-state index contributed by atoms with van der Waals surface area (Å²) in [7, 11) is 0. The van der Waals surface area contributed by atoms with E-state index >= 15 is 0 Å². The average molecular weight is 235 g/mol. The lowest BCUT2D eigenvalue weighted by Crippen LogP contribution is -2.37. The maximum Gasteiger partial charge on any atom is 0.216 e. The molecular formula is C11H17N5O. The summed E-state index contributed by atoms with van der Waals surface area (Å²) in [6.07, 6.45) is 0. The van der Waals surface area contributed by atoms with Gasteiger partial charge in [0.2, 0.25) is 11.9 Å². The van der Waals surface area contributed by atoms with Crippen LogP contribution in [0.25, 0.3) is 0 Å². The van der Waals surface area contributed by atoms with E-state index in [4.69, 9.17) is 5.84 Å². The Morgan fingerprint density at radius 3 is 2.65 bits per heavy atom. The number of anilines is 1. The van der Waals surface area contributed by atoms with Crippen LogP contribution in [0.1, 0.15) is 6.92 Å². The fourth-order valence-electron chi connectivity index (χ4n) is 1.18. The van der Waals surface area contributed by atoms with Gasteiger partial charge < -0.3 is 10.6 Å². The van der Waals surface area contributed by atoms with E-state index < -0.39 is 0 Å². The van der Waals surface area contributed by atoms with Crippen molar-refractivity contribution >= 4 is 17.6 Å². The molecule has 6 nitrogen and oxygen atoms in total. The zero-order valence-corrected chi connectivity index (χ0v) is 9.73. The number of rotatable bonds is 4. The quantitative estimate of drug-likeness (QED) is 0.195. The van der Waals surface area contributed by atoms with Crippen molar-refractivity contribution in [3.8, 4) is 0 Å². The zero-order valence-electron chi connectivity index (χ0n) is 9.73. The Hall–Kier alpha value is -2.08. The highest BCUT2D eigenvalue weighted by Gasteiger charge is 1.96. The maximum atomic E-state index is 10.6. The number of amides is 1. The Morgan fingerprint density at radius 2 is 2.06 bits per heavy atom. The first-order chi connectivity index (χ1) is 8.22. The first-order valence-electron chi connectivity index (χ1n) is 5.30. The number of nitrogens with one attached hydrogen (secondary N) is 3. The number of benzene rings is 1. The lowest BCUT2D eigenvalue weighted by Gasteiger charge is -2.08. The van der Waals surface area contributed by atoms with E-state index in [9.17, 15) is 4.79 Å². The number of aliphatic imine (C=N–C) groups is 1. The first kappa shape index (κ1) is 13.0. The topological polar surface area (TPSA) is 91.5 Å². The molecule has 92 valence electrons. The molecule has 0 heterocycles. The van der Waals surface area contributed by atoms with Gasteiger partial charge in [0, 0.05) is 19.2 Å². The van der Waals surface area contributed by atoms with Crippen molar-refractivity contribution in [2.75, 3.05) is 18.4 Å². The molecule has 6 heteroatoms. The van der Waals surface area contributed by atoms with Gasteiger partial charge in [-0.05, 0) is 12.1 Å². The van der Waals surface area contributed by atoms with E-state index in [0.29, 0.717) is 19.0 Å². The van der Waals surface area contributed by atoms with Crippen molar-refractivity contribution in [3.63, 3.8) is 0 Å². The second-order valence-corrected chi connectivity index (χ2v) is 3.35. The molecule has 0 saturated carbocycles. The molecule has 0 unspecified atom stereocenters. The molecule has 5 N–H and O–H groups in total. The van der Waals surface area contributed by atoms with Gasteiger partial charge in [-0.3, -0.25) is 15.2 Å². The lowest BCUT2D eigenvalue weighted by molar-refractivity contribution is -0.118. The van der Waals surface area contributed by atoms with E-state index in [0.717, 1.165) is 5.69 Å². The summed E-state index contributed by atoms with van der Waals surface area (Å²) in [6, 6.07) is 9.55. The number of para-hydroxylation sites is 1. The summed E-state index contributed by atoms with van der Waals surface area (Å²) in [4.78, 5) is 14.8. The second-order valence-electron chi connectivity index (χ2n) is 3.35. The number of nitrogens with zero attached hydrogens (tertiary/aromatic N) is 1. The van der Waals surface area contributed by atoms with Crippen molar-refractivity contribution in [2.24, 2.45) is 10.8 Å². The van der Waals surface area contributed by atoms with E-state index in [1.54, 1.807) is 0 Å². The highest BCUT2D eigenvalue weighted by molar-refractivity contribution is 5.93. The molecule has 0 spiro atoms. The van der Waals surface area contributed by atoms with Crippen LogP contribution in [0.4, 0.5) is 5.69 Å². The molecule has 1 aromatic carbocycles. The lowest BCUT2D eigenvalue weighted by atomic mass is 10.3. The monoisotopic (exact) mass is 235 g/mol. The molecule has 0 aliphatic rings. The van der Waals surface area contributed by atoms with Gasteiger partial charge in [0.25, 0.3) is 0 Å². The largest absolute Gasteiger partial charge is 0.354 e. The number of hydrogen-bond donors (Lipinski definition) is 4. The summed E-state index contributed by atoms with van der Waals surface area (Å²) in [5.74, 6) is 5.72. The number of guanidine groups is 1. The molecule has 1 rings (SSSR count). The minimum Gasteiger partial charge on any atom is -0.354 e. The number of carbonyl (C=O) groups is 1. The minimum atomic E-state index is -0.0709. The highest BCUT2D eigenvalue weighted by Crippen LogP contribution is 2.03. The number of carbonyl (C=O) groups excluding carboxylic acids is 1. The number of hydrogen-bond acceptors (Lipinski definition) is 3. The molecule has 0 bridgehead atoms. The van der Waals surface area contributed by atoms with Gasteiger partial charge in [0.15, 0.2) is 0 Å². The zero-order chi connectivity index (χ0) is 12.5. The number of hydrazine groups is 1. The molecule has 0 radical (unpaired) electrons. The Morgan fingerprint density at radius 1 is 1.35 bits per heavy atom. The summed E-state index contributed by atoms with van der Waals surface area (Å²) in [5.41, 5.74) is 3.36. The Labute approximate surface area is 100 Å². The van der Waals surface area contributed by atoms with Crippen molar-refractivity contribution in [2.45, 2.75) is 6.92 Å². The van der Waals surface area contributed by atoms with E-state index in [1.165, 1.54) is 6.92 Å². The molecule has 0 saturated heterocycles. The average Bonchev–Trinajstić information content (AvgIpc) is 2.34. The van der Waals surface area contributed by atoms with Crippen molar-refractivity contribution in [3.05, 3.63) is 30.3 Å². The Balaban J connectivity index is 2.42. The minimum absolute atomic E-state index is 0.0709. The third kappa shape index (κ3) is 5.53. The van der Waals surface area contributed by atoms with Gasteiger partial charge in [-0.2, -0.15) is 0 Å². The summed E-state index contributed by atoms with van der Waals surface area (Å²) >= 11 is 0. The molecule has 0 fully saturated rings. The fraction of sp³-hybridized carbons (Fsp3) is 0.273. The molecule has 0 aliphatic heterocycles. The predicted octanol–water partition coefficient (Wildman–Crippen LogP) is 0.0539. The van der Waals surface area contributed by atoms with Crippen molar-refractivity contribution in [1.82, 2.24) is 10.7 Å². The van der Waals surface area contributed by atoms with E-state index in [2.05, 4.69) is 21.1 Å². The van der Waals surface area contributed by atoms with E-state index in [-0.39, 0.29) is 5.91 Å². The van der Waals surface area contributed by atoms with E-state index in [1.807, 2.05) is 30.3 Å². The summed E-state index contributed by atoms with van der Waals surface area (Å²) in [6.45, 7) is 2.41. The van der Waals surface area contributed by atoms with Crippen LogP contribution in [0.2, 0.25) is 0 Å². The summed E-state index contributed by atoms with van der Waals surface area (Å²) < 4.78 is 0. The molecule has 0 atom stereocenters. The molecule has 17 heavy (non-hydrogen) atoms. The summed E-state index contributed by atoms with van der Waals surface area (Å²) in [5, 5.41) is 5.66. The van der Waals surface area contributed by atoms with Crippen LogP contribution in [0.15, 0.2) is 35.3 Å². The van der Waals surface area contributed by atoms with Crippen LogP contribution < -0.4 is 21.9 Å². The second kappa shape index (κ2) is 7.24. The van der Waals surface area contributed by atoms with Crippen molar-refractivity contribution in [1.29, 1.82) is 0 Å². The van der Waals surface area contributed by atoms with Crippen LogP contribution in [0.3, 0.4) is 0 Å². The van der Waals surface area contributed by atoms with Gasteiger partial charge in [-0.1, -0.05) is 18.2 Å². The van der Waals surface area contributed by atoms with Crippen LogP contribution in [-0.2, 0) is 4.79 Å². The maximum absolute atomic E-state index is 10.6. The van der Waals surface area contributed by atoms with Crippen molar-refractivity contribution < 1.29 is 4.79 Å².